The van der Waals surface area contributed by atoms with Gasteiger partial charge in [-0.05, 0) is 0 Å². The van der Waals surface area contributed by atoms with E-state index in [1.165, 1.54) is 22.7 Å². The van der Waals surface area contributed by atoms with Crippen molar-refractivity contribution < 1.29 is 18.3 Å². The third-order valence-corrected chi connectivity index (χ3v) is 4.98. The number of benzene rings is 1. The normalized spacial score (nSPS) is 11.7. The van der Waals surface area contributed by atoms with Crippen LogP contribution in [0.4, 0.5) is 8.78 Å². The van der Waals surface area contributed by atoms with Crippen molar-refractivity contribution in [3.05, 3.63) is 70.1 Å². The maximum absolute atomic E-state index is 13.5. The quantitative estimate of drug-likeness (QED) is 0.437. The number of carbonyl (C=O) groups is 1. The van der Waals surface area contributed by atoms with Gasteiger partial charge in [-0.2, -0.15) is 0 Å². The first-order valence-electron chi connectivity index (χ1n) is 6.83. The molecule has 2 heterocycles. The first kappa shape index (κ1) is 17.4. The number of alkyl halides is 2. The van der Waals surface area contributed by atoms with Gasteiger partial charge in [0.2, 0.25) is 0 Å². The molecule has 3 aromatic rings. The molecule has 2 aromatic heterocycles. The Kier molecular flexibility index (Phi) is 4.98. The topological polar surface area (TPSA) is 43.6 Å². The number of nitrogens with zero attached hydrogens (tertiary/aromatic N) is 2. The second-order valence-corrected chi connectivity index (χ2v) is 7.72. The third kappa shape index (κ3) is 3.65. The molecule has 8 heteroatoms. The Morgan fingerprint density at radius 2 is 2.00 bits per heavy atom. The van der Waals surface area contributed by atoms with Crippen molar-refractivity contribution in [2.75, 3.05) is 0 Å². The molecule has 0 bridgehead atoms. The van der Waals surface area contributed by atoms with Gasteiger partial charge in [0.05, 0.1) is 0 Å². The average Bonchev–Trinajstić information content (AvgIpc) is 2.89. The van der Waals surface area contributed by atoms with Gasteiger partial charge >= 0.3 is 155 Å². The molecule has 0 N–H and O–H groups in total. The first-order valence-corrected chi connectivity index (χ1v) is 9.21. The van der Waals surface area contributed by atoms with Crippen LogP contribution >= 0.6 is 15.9 Å². The molecule has 0 spiro atoms. The van der Waals surface area contributed by atoms with E-state index in [1.54, 1.807) is 0 Å². The van der Waals surface area contributed by atoms with Gasteiger partial charge in [0, 0.05) is 0 Å². The predicted octanol–water partition coefficient (Wildman–Crippen LogP) is 3.67. The summed E-state index contributed by atoms with van der Waals surface area (Å²) in [4.78, 5) is 16.3. The fourth-order valence-corrected chi connectivity index (χ4v) is 3.16. The Morgan fingerprint density at radius 1 is 1.29 bits per heavy atom. The number of hydrogen-bond donors (Lipinski definition) is 0. The van der Waals surface area contributed by atoms with E-state index in [-0.39, 0.29) is 48.6 Å². The van der Waals surface area contributed by atoms with Crippen molar-refractivity contribution in [3.8, 4) is 0 Å². The van der Waals surface area contributed by atoms with Gasteiger partial charge in [-0.25, -0.2) is 0 Å². The minimum atomic E-state index is -2.89. The Labute approximate surface area is 160 Å². The Hall–Kier alpha value is -1.38. The monoisotopic (exact) mass is 588 g/mol. The van der Waals surface area contributed by atoms with E-state index >= 15 is 0 Å². The zero-order valence-electron chi connectivity index (χ0n) is 12.1. The van der Waals surface area contributed by atoms with Crippen LogP contribution in [0.1, 0.15) is 21.6 Å². The van der Waals surface area contributed by atoms with Crippen LogP contribution in [0, 0.1) is 0 Å². The summed E-state index contributed by atoms with van der Waals surface area (Å²) in [5, 5.41) is 0. The summed E-state index contributed by atoms with van der Waals surface area (Å²) in [6.07, 6.45) is 1.45. The fraction of sp³-hybridized carbons (Fsp3) is 0.125. The molecule has 0 aliphatic carbocycles. The molecule has 0 aliphatic heterocycles. The van der Waals surface area contributed by atoms with E-state index in [9.17, 15) is 13.6 Å². The number of aromatic nitrogens is 2. The summed E-state index contributed by atoms with van der Waals surface area (Å²) >= 11 is 3.42. The summed E-state index contributed by atoms with van der Waals surface area (Å²) in [6, 6.07) is 11.8. The Balaban J connectivity index is 1.86. The van der Waals surface area contributed by atoms with Crippen LogP contribution in [0.15, 0.2) is 53.3 Å². The molecule has 123 valence electrons. The van der Waals surface area contributed by atoms with Crippen molar-refractivity contribution in [2.24, 2.45) is 0 Å². The minimum absolute atomic E-state index is 0.0508. The number of esters is 1. The molecule has 0 amide bonds. The van der Waals surface area contributed by atoms with Crippen LogP contribution in [-0.2, 0) is 14.9 Å². The number of rotatable bonds is 4. The van der Waals surface area contributed by atoms with Crippen LogP contribution < -0.4 is 0 Å². The molecule has 0 saturated heterocycles. The van der Waals surface area contributed by atoms with Crippen LogP contribution in [0.3, 0.4) is 0 Å². The molecule has 24 heavy (non-hydrogen) atoms. The molecular weight excluding hydrogens is 579 g/mol. The molecule has 1 aromatic carbocycles. The van der Waals surface area contributed by atoms with E-state index in [4.69, 9.17) is 4.74 Å². The number of fused-ring (bicyclic) bond motifs is 1. The number of imidazole rings is 1. The van der Waals surface area contributed by atoms with Crippen LogP contribution in [0.25, 0.3) is 5.65 Å². The molecular formula is C16H10BrF2N2O2Po. The number of ether oxygens (including phenoxy) is 1. The second-order valence-electron chi connectivity index (χ2n) is 4.97. The zero-order chi connectivity index (χ0) is 17.3. The van der Waals surface area contributed by atoms with E-state index in [2.05, 4.69) is 20.9 Å². The molecule has 0 aliphatic rings. The van der Waals surface area contributed by atoms with E-state index in [0.717, 1.165) is 5.56 Å². The van der Waals surface area contributed by atoms with Crippen molar-refractivity contribution in [1.82, 2.24) is 9.38 Å². The average molecular weight is 589 g/mol. The number of pyridine rings is 1. The standard InChI is InChI=1S/C16H10BrF2N2O2.Po/c17-14-13(16(22)23-9-10-4-2-1-3-5-10)20-12-8-11(15(18)19)6-7-21(12)14;/h1-8H,9H2;. The van der Waals surface area contributed by atoms with Crippen molar-refractivity contribution in [1.29, 1.82) is 0 Å². The Bertz CT molecular complexity index is 894. The molecule has 0 saturated carbocycles. The maximum atomic E-state index is 13.5. The van der Waals surface area contributed by atoms with Gasteiger partial charge < -0.3 is 0 Å². The summed E-state index contributed by atoms with van der Waals surface area (Å²) in [5.41, 5.74) is 1.02. The summed E-state index contributed by atoms with van der Waals surface area (Å²) in [5.74, 6) is -0.620. The molecule has 0 fully saturated rings. The van der Waals surface area contributed by atoms with E-state index in [0.29, 0.717) is 4.60 Å². The van der Waals surface area contributed by atoms with Crippen molar-refractivity contribution in [2.45, 2.75) is 10.2 Å². The summed E-state index contributed by atoms with van der Waals surface area (Å²) < 4.78 is 31.1. The number of hydrogen-bond acceptors (Lipinski definition) is 3. The molecule has 3 rings (SSSR count). The second kappa shape index (κ2) is 6.85. The first-order chi connectivity index (χ1) is 11.4. The number of carbonyl (C=O) groups excluding carboxylic acids is 1. The van der Waals surface area contributed by atoms with Crippen LogP contribution in [-0.4, -0.2) is 40.4 Å². The van der Waals surface area contributed by atoms with Gasteiger partial charge in [-0.3, -0.25) is 0 Å². The summed E-state index contributed by atoms with van der Waals surface area (Å²) in [6.45, 7) is 0.113. The zero-order valence-corrected chi connectivity index (χ0v) is 16.8. The molecule has 0 unspecified atom stereocenters. The molecule has 0 atom stereocenters. The van der Waals surface area contributed by atoms with Crippen LogP contribution in [0.2, 0.25) is 0 Å². The van der Waals surface area contributed by atoms with Gasteiger partial charge in [-0.15, -0.1) is 0 Å². The van der Waals surface area contributed by atoms with Crippen molar-refractivity contribution in [3.63, 3.8) is 0 Å². The van der Waals surface area contributed by atoms with E-state index < -0.39 is 9.55 Å². The van der Waals surface area contributed by atoms with Gasteiger partial charge in [0.1, 0.15) is 0 Å². The molecule has 1 radical (unpaired) electrons. The Morgan fingerprint density at radius 3 is 2.67 bits per heavy atom. The van der Waals surface area contributed by atoms with Gasteiger partial charge in [0.15, 0.2) is 0 Å². The van der Waals surface area contributed by atoms with Gasteiger partial charge in [-0.1, -0.05) is 6.07 Å². The predicted molar refractivity (Wildman–Crippen MR) is 88.1 cm³/mol. The van der Waals surface area contributed by atoms with E-state index in [1.807, 2.05) is 30.3 Å². The number of halogens is 3. The fourth-order valence-electron chi connectivity index (χ4n) is 2.12. The van der Waals surface area contributed by atoms with Crippen LogP contribution in [0.5, 0.6) is 0 Å². The SMILES string of the molecule is O=C(OCc1ccccc1)c1nc2cc([C](F)(F)[Po])ccn2c1Br. The third-order valence-electron chi connectivity index (χ3n) is 3.31. The van der Waals surface area contributed by atoms with Crippen molar-refractivity contribution >= 4 is 52.6 Å². The van der Waals surface area contributed by atoms with Gasteiger partial charge in [0.25, 0.3) is 0 Å². The molecule has 4 nitrogen and oxygen atoms in total. The summed E-state index contributed by atoms with van der Waals surface area (Å²) in [7, 11) is 0.